The number of ether oxygens (including phenoxy) is 3. The Labute approximate surface area is 157 Å². The molecule has 1 aromatic carbocycles. The van der Waals surface area contributed by atoms with Gasteiger partial charge in [0.15, 0.2) is 11.5 Å². The second-order valence-corrected chi connectivity index (χ2v) is 6.98. The van der Waals surface area contributed by atoms with E-state index in [0.717, 1.165) is 29.3 Å². The lowest BCUT2D eigenvalue weighted by Gasteiger charge is -2.21. The van der Waals surface area contributed by atoms with Gasteiger partial charge in [-0.25, -0.2) is 4.98 Å². The molecule has 0 bridgehead atoms. The summed E-state index contributed by atoms with van der Waals surface area (Å²) >= 11 is 1.58. The molecule has 7 heteroatoms. The first-order valence-electron chi connectivity index (χ1n) is 8.38. The molecule has 1 amide bonds. The van der Waals surface area contributed by atoms with Crippen molar-refractivity contribution in [2.45, 2.75) is 25.5 Å². The topological polar surface area (TPSA) is 60.9 Å². The standard InChI is InChI=1S/C19H22N2O4S/c1-4-18(22)21(13-7-8-15(23-2)17(10-13)24-3)12-14-11-20-19(26-14)16-6-5-9-25-16/h4,7-8,10-11,16H,1,5-6,9,12H2,2-3H3. The molecule has 0 saturated carbocycles. The average molecular weight is 374 g/mol. The Morgan fingerprint density at radius 1 is 1.42 bits per heavy atom. The third-order valence-electron chi connectivity index (χ3n) is 4.21. The van der Waals surface area contributed by atoms with Gasteiger partial charge in [-0.3, -0.25) is 4.79 Å². The van der Waals surface area contributed by atoms with Crippen LogP contribution in [0.5, 0.6) is 11.5 Å². The lowest BCUT2D eigenvalue weighted by atomic mass is 10.2. The van der Waals surface area contributed by atoms with Crippen molar-refractivity contribution < 1.29 is 19.0 Å². The Morgan fingerprint density at radius 2 is 2.23 bits per heavy atom. The first kappa shape index (κ1) is 18.4. The van der Waals surface area contributed by atoms with Crippen LogP contribution in [0.4, 0.5) is 5.69 Å². The van der Waals surface area contributed by atoms with Gasteiger partial charge in [0.2, 0.25) is 0 Å². The summed E-state index contributed by atoms with van der Waals surface area (Å²) in [6, 6.07) is 5.38. The van der Waals surface area contributed by atoms with Crippen molar-refractivity contribution in [3.8, 4) is 11.5 Å². The van der Waals surface area contributed by atoms with Gasteiger partial charge in [-0.05, 0) is 31.1 Å². The van der Waals surface area contributed by atoms with Crippen LogP contribution in [-0.2, 0) is 16.1 Å². The number of hydrogen-bond donors (Lipinski definition) is 0. The number of amides is 1. The number of thiazole rings is 1. The Kier molecular flexibility index (Phi) is 5.90. The summed E-state index contributed by atoms with van der Waals surface area (Å²) in [5.74, 6) is 0.987. The smallest absolute Gasteiger partial charge is 0.250 e. The molecule has 2 heterocycles. The monoisotopic (exact) mass is 374 g/mol. The van der Waals surface area contributed by atoms with Gasteiger partial charge in [0, 0.05) is 29.4 Å². The Bertz CT molecular complexity index is 784. The molecular weight excluding hydrogens is 352 g/mol. The predicted molar refractivity (Wildman–Crippen MR) is 101 cm³/mol. The van der Waals surface area contributed by atoms with Gasteiger partial charge >= 0.3 is 0 Å². The zero-order valence-corrected chi connectivity index (χ0v) is 15.8. The highest BCUT2D eigenvalue weighted by atomic mass is 32.1. The summed E-state index contributed by atoms with van der Waals surface area (Å²) < 4.78 is 16.3. The lowest BCUT2D eigenvalue weighted by Crippen LogP contribution is -2.28. The second kappa shape index (κ2) is 8.33. The normalized spacial score (nSPS) is 16.3. The summed E-state index contributed by atoms with van der Waals surface area (Å²) in [4.78, 5) is 19.5. The molecule has 1 saturated heterocycles. The predicted octanol–water partition coefficient (Wildman–Crippen LogP) is 3.73. The van der Waals surface area contributed by atoms with E-state index in [1.807, 2.05) is 12.3 Å². The maximum absolute atomic E-state index is 12.4. The van der Waals surface area contributed by atoms with Gasteiger partial charge < -0.3 is 19.1 Å². The molecular formula is C19H22N2O4S. The van der Waals surface area contributed by atoms with E-state index in [2.05, 4.69) is 11.6 Å². The minimum atomic E-state index is -0.190. The number of aromatic nitrogens is 1. The van der Waals surface area contributed by atoms with Crippen molar-refractivity contribution in [1.29, 1.82) is 0 Å². The minimum Gasteiger partial charge on any atom is -0.493 e. The summed E-state index contributed by atoms with van der Waals surface area (Å²) in [6.45, 7) is 4.81. The molecule has 26 heavy (non-hydrogen) atoms. The zero-order valence-electron chi connectivity index (χ0n) is 14.9. The number of methoxy groups -OCH3 is 2. The fourth-order valence-corrected chi connectivity index (χ4v) is 3.86. The fraction of sp³-hybridized carbons (Fsp3) is 0.368. The number of anilines is 1. The molecule has 1 unspecified atom stereocenters. The highest BCUT2D eigenvalue weighted by Gasteiger charge is 2.22. The van der Waals surface area contributed by atoms with E-state index in [-0.39, 0.29) is 12.0 Å². The van der Waals surface area contributed by atoms with Crippen LogP contribution in [0.1, 0.15) is 28.8 Å². The molecule has 0 N–H and O–H groups in total. The molecule has 2 aromatic rings. The average Bonchev–Trinajstić information content (AvgIpc) is 3.36. The van der Waals surface area contributed by atoms with Gasteiger partial charge in [-0.1, -0.05) is 6.58 Å². The molecule has 6 nitrogen and oxygen atoms in total. The summed E-state index contributed by atoms with van der Waals surface area (Å²) in [5.41, 5.74) is 0.708. The van der Waals surface area contributed by atoms with Crippen LogP contribution in [-0.4, -0.2) is 31.7 Å². The van der Waals surface area contributed by atoms with Crippen LogP contribution in [0.15, 0.2) is 37.1 Å². The highest BCUT2D eigenvalue weighted by molar-refractivity contribution is 7.11. The van der Waals surface area contributed by atoms with Crippen molar-refractivity contribution in [3.63, 3.8) is 0 Å². The fourth-order valence-electron chi connectivity index (χ4n) is 2.87. The minimum absolute atomic E-state index is 0.0818. The van der Waals surface area contributed by atoms with Gasteiger partial charge in [-0.15, -0.1) is 11.3 Å². The third kappa shape index (κ3) is 3.89. The summed E-state index contributed by atoms with van der Waals surface area (Å²) in [7, 11) is 3.15. The van der Waals surface area contributed by atoms with E-state index in [1.54, 1.807) is 42.6 Å². The molecule has 138 valence electrons. The quantitative estimate of drug-likeness (QED) is 0.691. The SMILES string of the molecule is C=CC(=O)N(Cc1cnc(C2CCCO2)s1)c1ccc(OC)c(OC)c1. The van der Waals surface area contributed by atoms with Crippen molar-refractivity contribution >= 4 is 22.9 Å². The second-order valence-electron chi connectivity index (χ2n) is 5.83. The zero-order chi connectivity index (χ0) is 18.5. The van der Waals surface area contributed by atoms with Crippen molar-refractivity contribution in [2.24, 2.45) is 0 Å². The van der Waals surface area contributed by atoms with E-state index in [0.29, 0.717) is 23.7 Å². The van der Waals surface area contributed by atoms with Crippen molar-refractivity contribution in [3.05, 3.63) is 46.9 Å². The summed E-state index contributed by atoms with van der Waals surface area (Å²) in [6.07, 6.45) is 5.26. The molecule has 1 atom stereocenters. The maximum Gasteiger partial charge on any atom is 0.250 e. The first-order valence-corrected chi connectivity index (χ1v) is 9.20. The molecule has 0 radical (unpaired) electrons. The van der Waals surface area contributed by atoms with Crippen LogP contribution >= 0.6 is 11.3 Å². The van der Waals surface area contributed by atoms with Crippen LogP contribution in [0.25, 0.3) is 0 Å². The highest BCUT2D eigenvalue weighted by Crippen LogP contribution is 2.34. The van der Waals surface area contributed by atoms with Gasteiger partial charge in [0.1, 0.15) is 11.1 Å². The maximum atomic E-state index is 12.4. The Morgan fingerprint density at radius 3 is 2.88 bits per heavy atom. The number of carbonyl (C=O) groups excluding carboxylic acids is 1. The lowest BCUT2D eigenvalue weighted by molar-refractivity contribution is -0.114. The van der Waals surface area contributed by atoms with Crippen LogP contribution in [0.2, 0.25) is 0 Å². The Hall–Kier alpha value is -2.38. The van der Waals surface area contributed by atoms with E-state index >= 15 is 0 Å². The molecule has 1 aliphatic rings. The van der Waals surface area contributed by atoms with Crippen molar-refractivity contribution in [1.82, 2.24) is 4.98 Å². The summed E-state index contributed by atoms with van der Waals surface area (Å²) in [5, 5.41) is 0.968. The number of carbonyl (C=O) groups is 1. The van der Waals surface area contributed by atoms with E-state index in [9.17, 15) is 4.79 Å². The van der Waals surface area contributed by atoms with Gasteiger partial charge in [0.25, 0.3) is 5.91 Å². The molecule has 0 spiro atoms. The van der Waals surface area contributed by atoms with E-state index < -0.39 is 0 Å². The number of rotatable bonds is 7. The van der Waals surface area contributed by atoms with Crippen LogP contribution in [0.3, 0.4) is 0 Å². The molecule has 1 aromatic heterocycles. The first-order chi connectivity index (χ1) is 12.7. The number of hydrogen-bond acceptors (Lipinski definition) is 6. The Balaban J connectivity index is 1.85. The molecule has 1 fully saturated rings. The molecule has 3 rings (SSSR count). The number of nitrogens with zero attached hydrogens (tertiary/aromatic N) is 2. The van der Waals surface area contributed by atoms with Crippen LogP contribution < -0.4 is 14.4 Å². The van der Waals surface area contributed by atoms with Crippen molar-refractivity contribution in [2.75, 3.05) is 25.7 Å². The number of benzene rings is 1. The largest absolute Gasteiger partial charge is 0.493 e. The van der Waals surface area contributed by atoms with E-state index in [4.69, 9.17) is 14.2 Å². The third-order valence-corrected chi connectivity index (χ3v) is 5.28. The van der Waals surface area contributed by atoms with Gasteiger partial charge in [0.05, 0.1) is 20.8 Å². The van der Waals surface area contributed by atoms with E-state index in [1.165, 1.54) is 6.08 Å². The molecule has 1 aliphatic heterocycles. The van der Waals surface area contributed by atoms with Gasteiger partial charge in [-0.2, -0.15) is 0 Å². The molecule has 0 aliphatic carbocycles. The van der Waals surface area contributed by atoms with Crippen LogP contribution in [0, 0.1) is 0 Å².